The first-order valence-corrected chi connectivity index (χ1v) is 6.37. The topological polar surface area (TPSA) is 3.24 Å². The van der Waals surface area contributed by atoms with E-state index in [0.29, 0.717) is 0 Å². The predicted octanol–water partition coefficient (Wildman–Crippen LogP) is 4.48. The number of nitrogens with zero attached hydrogens (tertiary/aromatic N) is 1. The van der Waals surface area contributed by atoms with Crippen molar-refractivity contribution >= 4 is 0 Å². The fraction of sp³-hybridized carbons (Fsp3) is 1.00. The van der Waals surface area contributed by atoms with Crippen molar-refractivity contribution in [3.8, 4) is 0 Å². The van der Waals surface area contributed by atoms with E-state index in [1.165, 1.54) is 6.42 Å². The molecule has 1 fully saturated rings. The lowest BCUT2D eigenvalue weighted by molar-refractivity contribution is -0.138. The minimum absolute atomic E-state index is 0.184. The molecule has 0 N–H and O–H groups in total. The summed E-state index contributed by atoms with van der Waals surface area (Å²) in [5.41, 5.74) is 0. The minimum atomic E-state index is -3.99. The van der Waals surface area contributed by atoms with Gasteiger partial charge in [0.15, 0.2) is 0 Å². The van der Waals surface area contributed by atoms with Crippen molar-refractivity contribution in [3.05, 3.63) is 0 Å². The number of alkyl halides is 3. The summed E-state index contributed by atoms with van der Waals surface area (Å²) in [7, 11) is 0. The highest BCUT2D eigenvalue weighted by molar-refractivity contribution is 4.65. The van der Waals surface area contributed by atoms with E-state index in [1.54, 1.807) is 0 Å². The third kappa shape index (κ3) is 11.8. The van der Waals surface area contributed by atoms with Crippen molar-refractivity contribution in [2.75, 3.05) is 19.6 Å². The Bertz CT molecular complexity index is 129. The number of likely N-dealkylation sites (tertiary alicyclic amines) is 1. The van der Waals surface area contributed by atoms with Crippen LogP contribution in [0.1, 0.15) is 53.4 Å². The number of piperidine rings is 1. The van der Waals surface area contributed by atoms with Crippen LogP contribution in [0.3, 0.4) is 0 Å². The SMILES string of the molecule is CC.CC.FC(F)(F)CCN1CCCCC1. The second-order valence-corrected chi connectivity index (χ2v) is 3.27. The molecule has 0 radical (unpaired) electrons. The molecule has 1 nitrogen and oxygen atoms in total. The summed E-state index contributed by atoms with van der Waals surface area (Å²) < 4.78 is 35.4. The van der Waals surface area contributed by atoms with Crippen LogP contribution >= 0.6 is 0 Å². The molecule has 0 aromatic rings. The minimum Gasteiger partial charge on any atom is -0.303 e. The normalized spacial score (nSPS) is 16.7. The number of rotatable bonds is 2. The molecule has 16 heavy (non-hydrogen) atoms. The van der Waals surface area contributed by atoms with Crippen LogP contribution in [0, 0.1) is 0 Å². The van der Waals surface area contributed by atoms with Crippen LogP contribution in [-0.2, 0) is 0 Å². The molecule has 4 heteroatoms. The van der Waals surface area contributed by atoms with E-state index < -0.39 is 12.6 Å². The summed E-state index contributed by atoms with van der Waals surface area (Å²) >= 11 is 0. The van der Waals surface area contributed by atoms with Crippen LogP contribution in [0.2, 0.25) is 0 Å². The Kier molecular flexibility index (Phi) is 12.7. The molecule has 0 saturated carbocycles. The van der Waals surface area contributed by atoms with E-state index in [1.807, 2.05) is 32.6 Å². The maximum absolute atomic E-state index is 11.8. The standard InChI is InChI=1S/C8H14F3N.2C2H6/c9-8(10,11)4-7-12-5-2-1-3-6-12;2*1-2/h1-7H2;2*1-2H3. The second kappa shape index (κ2) is 11.2. The zero-order chi connectivity index (χ0) is 13.0. The highest BCUT2D eigenvalue weighted by atomic mass is 19.4. The Labute approximate surface area is 98.0 Å². The smallest absolute Gasteiger partial charge is 0.303 e. The van der Waals surface area contributed by atoms with Crippen molar-refractivity contribution in [1.82, 2.24) is 4.90 Å². The first-order valence-electron chi connectivity index (χ1n) is 6.37. The molecule has 1 heterocycles. The van der Waals surface area contributed by atoms with Gasteiger partial charge in [0, 0.05) is 6.54 Å². The third-order valence-electron chi connectivity index (χ3n) is 2.16. The lowest BCUT2D eigenvalue weighted by Gasteiger charge is -2.26. The van der Waals surface area contributed by atoms with Crippen LogP contribution in [-0.4, -0.2) is 30.7 Å². The molecule has 1 saturated heterocycles. The van der Waals surface area contributed by atoms with Crippen LogP contribution in [0.25, 0.3) is 0 Å². The van der Waals surface area contributed by atoms with E-state index in [4.69, 9.17) is 0 Å². The molecule has 0 aliphatic carbocycles. The fourth-order valence-corrected chi connectivity index (χ4v) is 1.47. The van der Waals surface area contributed by atoms with Gasteiger partial charge in [-0.05, 0) is 25.9 Å². The molecule has 0 bridgehead atoms. The lowest BCUT2D eigenvalue weighted by atomic mass is 10.1. The Balaban J connectivity index is 0. The summed E-state index contributed by atoms with van der Waals surface area (Å²) in [6.07, 6.45) is -1.37. The van der Waals surface area contributed by atoms with Gasteiger partial charge in [-0.25, -0.2) is 0 Å². The average Bonchev–Trinajstić information content (AvgIpc) is 2.32. The predicted molar refractivity (Wildman–Crippen MR) is 63.7 cm³/mol. The monoisotopic (exact) mass is 241 g/mol. The summed E-state index contributed by atoms with van der Waals surface area (Å²) in [5.74, 6) is 0. The van der Waals surface area contributed by atoms with E-state index in [9.17, 15) is 13.2 Å². The van der Waals surface area contributed by atoms with E-state index in [2.05, 4.69) is 0 Å². The summed E-state index contributed by atoms with van der Waals surface area (Å²) in [6, 6.07) is 0. The fourth-order valence-electron chi connectivity index (χ4n) is 1.47. The Morgan fingerprint density at radius 2 is 1.31 bits per heavy atom. The molecule has 1 aliphatic heterocycles. The lowest BCUT2D eigenvalue weighted by Crippen LogP contribution is -2.32. The highest BCUT2D eigenvalue weighted by Crippen LogP contribution is 2.20. The molecule has 0 amide bonds. The van der Waals surface area contributed by atoms with Gasteiger partial charge in [0.2, 0.25) is 0 Å². The number of hydrogen-bond acceptors (Lipinski definition) is 1. The first kappa shape index (κ1) is 18.1. The molecule has 100 valence electrons. The van der Waals surface area contributed by atoms with Crippen molar-refractivity contribution in [2.45, 2.75) is 59.6 Å². The molecule has 0 atom stereocenters. The van der Waals surface area contributed by atoms with Crippen LogP contribution < -0.4 is 0 Å². The van der Waals surface area contributed by atoms with Gasteiger partial charge in [-0.1, -0.05) is 34.1 Å². The average molecular weight is 241 g/mol. The van der Waals surface area contributed by atoms with Gasteiger partial charge in [0.25, 0.3) is 0 Å². The van der Waals surface area contributed by atoms with Gasteiger partial charge in [0.1, 0.15) is 0 Å². The van der Waals surface area contributed by atoms with Gasteiger partial charge in [0.05, 0.1) is 6.42 Å². The molecular weight excluding hydrogens is 215 g/mol. The second-order valence-electron chi connectivity index (χ2n) is 3.27. The van der Waals surface area contributed by atoms with Gasteiger partial charge < -0.3 is 4.90 Å². The Morgan fingerprint density at radius 1 is 0.875 bits per heavy atom. The zero-order valence-electron chi connectivity index (χ0n) is 11.0. The Morgan fingerprint density at radius 3 is 1.69 bits per heavy atom. The summed E-state index contributed by atoms with van der Waals surface area (Å²) in [5, 5.41) is 0. The quantitative estimate of drug-likeness (QED) is 0.689. The van der Waals surface area contributed by atoms with E-state index in [0.717, 1.165) is 25.9 Å². The first-order chi connectivity index (χ1) is 7.58. The number of halogens is 3. The van der Waals surface area contributed by atoms with Crippen LogP contribution in [0.4, 0.5) is 13.2 Å². The van der Waals surface area contributed by atoms with Gasteiger partial charge in [-0.3, -0.25) is 0 Å². The molecule has 0 spiro atoms. The van der Waals surface area contributed by atoms with Gasteiger partial charge in [-0.2, -0.15) is 13.2 Å². The Hall–Kier alpha value is -0.250. The molecule has 0 aromatic carbocycles. The maximum atomic E-state index is 11.8. The summed E-state index contributed by atoms with van der Waals surface area (Å²) in [4.78, 5) is 1.90. The molecule has 0 unspecified atom stereocenters. The van der Waals surface area contributed by atoms with Gasteiger partial charge >= 0.3 is 6.18 Å². The van der Waals surface area contributed by atoms with Gasteiger partial charge in [-0.15, -0.1) is 0 Å². The van der Waals surface area contributed by atoms with Crippen LogP contribution in [0.15, 0.2) is 0 Å². The highest BCUT2D eigenvalue weighted by Gasteiger charge is 2.27. The van der Waals surface area contributed by atoms with Crippen molar-refractivity contribution in [1.29, 1.82) is 0 Å². The summed E-state index contributed by atoms with van der Waals surface area (Å²) in [6.45, 7) is 9.87. The van der Waals surface area contributed by atoms with Crippen molar-refractivity contribution in [3.63, 3.8) is 0 Å². The van der Waals surface area contributed by atoms with Crippen molar-refractivity contribution in [2.24, 2.45) is 0 Å². The molecule has 1 aliphatic rings. The largest absolute Gasteiger partial charge is 0.390 e. The molecule has 1 rings (SSSR count). The molecular formula is C12H26F3N. The van der Waals surface area contributed by atoms with Crippen molar-refractivity contribution < 1.29 is 13.2 Å². The van der Waals surface area contributed by atoms with E-state index in [-0.39, 0.29) is 6.54 Å². The number of hydrogen-bond donors (Lipinski definition) is 0. The maximum Gasteiger partial charge on any atom is 0.390 e. The molecule has 0 aromatic heterocycles. The third-order valence-corrected chi connectivity index (χ3v) is 2.16. The zero-order valence-corrected chi connectivity index (χ0v) is 11.0. The van der Waals surface area contributed by atoms with Crippen LogP contribution in [0.5, 0.6) is 0 Å². The van der Waals surface area contributed by atoms with E-state index >= 15 is 0 Å².